The second-order valence-corrected chi connectivity index (χ2v) is 6.12. The van der Waals surface area contributed by atoms with Crippen LogP contribution in [0.5, 0.6) is 0 Å². The average molecular weight is 286 g/mol. The van der Waals surface area contributed by atoms with E-state index in [0.29, 0.717) is 5.28 Å². The van der Waals surface area contributed by atoms with E-state index in [9.17, 15) is 0 Å². The van der Waals surface area contributed by atoms with E-state index in [2.05, 4.69) is 36.1 Å². The first-order valence-corrected chi connectivity index (χ1v) is 7.98. The molecule has 0 saturated heterocycles. The van der Waals surface area contributed by atoms with Crippen molar-refractivity contribution in [2.45, 2.75) is 56.9 Å². The fraction of sp³-hybridized carbons (Fsp3) is 0.692. The second-order valence-electron chi connectivity index (χ2n) is 4.68. The van der Waals surface area contributed by atoms with Gasteiger partial charge in [-0.1, -0.05) is 20.8 Å². The summed E-state index contributed by atoms with van der Waals surface area (Å²) in [5.74, 6) is 2.01. The van der Waals surface area contributed by atoms with Crippen LogP contribution in [0.3, 0.4) is 0 Å². The molecule has 0 saturated carbocycles. The third-order valence-electron chi connectivity index (χ3n) is 3.91. The number of hydrogen-bond donors (Lipinski definition) is 1. The van der Waals surface area contributed by atoms with E-state index in [4.69, 9.17) is 11.6 Å². The van der Waals surface area contributed by atoms with Crippen LogP contribution < -0.4 is 5.32 Å². The van der Waals surface area contributed by atoms with Crippen LogP contribution in [0.1, 0.15) is 45.7 Å². The molecule has 0 amide bonds. The Morgan fingerprint density at radius 3 is 2.50 bits per heavy atom. The van der Waals surface area contributed by atoms with E-state index >= 15 is 0 Å². The highest BCUT2D eigenvalue weighted by Crippen LogP contribution is 2.38. The van der Waals surface area contributed by atoms with Crippen LogP contribution in [-0.4, -0.2) is 21.3 Å². The zero-order valence-electron chi connectivity index (χ0n) is 11.2. The minimum absolute atomic E-state index is 0.120. The molecule has 0 unspecified atom stereocenters. The molecule has 100 valence electrons. The molecular weight excluding hydrogens is 266 g/mol. The number of thioether (sulfide) groups is 1. The molecule has 0 bridgehead atoms. The molecule has 1 aromatic rings. The molecule has 2 rings (SSSR count). The van der Waals surface area contributed by atoms with Crippen LogP contribution in [0.2, 0.25) is 5.28 Å². The van der Waals surface area contributed by atoms with E-state index in [1.165, 1.54) is 4.90 Å². The molecule has 1 aromatic heterocycles. The van der Waals surface area contributed by atoms with E-state index < -0.39 is 0 Å². The minimum atomic E-state index is 0.120. The Morgan fingerprint density at radius 2 is 1.89 bits per heavy atom. The highest BCUT2D eigenvalue weighted by molar-refractivity contribution is 7.99. The standard InChI is InChI=1S/C13H20ClN3S/c1-4-13(5-2,6-3)17-11-10-9(7-8-18-10)15-12(14)16-11/h4-8H2,1-3H3,(H,15,16,17). The Labute approximate surface area is 118 Å². The van der Waals surface area contributed by atoms with Gasteiger partial charge in [0.15, 0.2) is 0 Å². The molecular formula is C13H20ClN3S. The van der Waals surface area contributed by atoms with Crippen molar-refractivity contribution in [3.8, 4) is 0 Å². The monoisotopic (exact) mass is 285 g/mol. The summed E-state index contributed by atoms with van der Waals surface area (Å²) in [6, 6.07) is 0. The van der Waals surface area contributed by atoms with Crippen LogP contribution in [-0.2, 0) is 6.42 Å². The number of halogens is 1. The quantitative estimate of drug-likeness (QED) is 0.825. The van der Waals surface area contributed by atoms with Crippen LogP contribution in [0, 0.1) is 0 Å². The number of anilines is 1. The Bertz CT molecular complexity index is 424. The maximum atomic E-state index is 6.02. The van der Waals surface area contributed by atoms with Gasteiger partial charge >= 0.3 is 0 Å². The Morgan fingerprint density at radius 1 is 1.22 bits per heavy atom. The summed E-state index contributed by atoms with van der Waals surface area (Å²) in [4.78, 5) is 9.90. The molecule has 0 spiro atoms. The fourth-order valence-corrected chi connectivity index (χ4v) is 3.62. The number of hydrogen-bond acceptors (Lipinski definition) is 4. The van der Waals surface area contributed by atoms with Crippen LogP contribution in [0.25, 0.3) is 0 Å². The lowest BCUT2D eigenvalue weighted by atomic mass is 9.90. The van der Waals surface area contributed by atoms with Gasteiger partial charge in [0.25, 0.3) is 0 Å². The van der Waals surface area contributed by atoms with Crippen molar-refractivity contribution in [3.63, 3.8) is 0 Å². The first-order valence-electron chi connectivity index (χ1n) is 6.61. The number of nitrogens with zero attached hydrogens (tertiary/aromatic N) is 2. The smallest absolute Gasteiger partial charge is 0.224 e. The molecule has 0 radical (unpaired) electrons. The van der Waals surface area contributed by atoms with Crippen molar-refractivity contribution < 1.29 is 0 Å². The largest absolute Gasteiger partial charge is 0.364 e. The van der Waals surface area contributed by atoms with Gasteiger partial charge in [-0.25, -0.2) is 4.98 Å². The molecule has 0 fully saturated rings. The molecule has 18 heavy (non-hydrogen) atoms. The van der Waals surface area contributed by atoms with Gasteiger partial charge in [-0.15, -0.1) is 11.8 Å². The van der Waals surface area contributed by atoms with Gasteiger partial charge < -0.3 is 5.32 Å². The zero-order chi connectivity index (χ0) is 13.2. The molecule has 1 aliphatic rings. The molecule has 3 nitrogen and oxygen atoms in total. The predicted molar refractivity (Wildman–Crippen MR) is 78.7 cm³/mol. The first-order chi connectivity index (χ1) is 8.64. The van der Waals surface area contributed by atoms with Gasteiger partial charge in [-0.05, 0) is 30.9 Å². The summed E-state index contributed by atoms with van der Waals surface area (Å²) < 4.78 is 0. The predicted octanol–water partition coefficient (Wildman–Crippen LogP) is 4.16. The molecule has 0 atom stereocenters. The van der Waals surface area contributed by atoms with Crippen molar-refractivity contribution >= 4 is 29.2 Å². The number of aromatic nitrogens is 2. The van der Waals surface area contributed by atoms with E-state index in [1.54, 1.807) is 0 Å². The van der Waals surface area contributed by atoms with Crippen molar-refractivity contribution in [1.82, 2.24) is 9.97 Å². The van der Waals surface area contributed by atoms with Crippen molar-refractivity contribution in [2.75, 3.05) is 11.1 Å². The third-order valence-corrected chi connectivity index (χ3v) is 5.20. The van der Waals surface area contributed by atoms with Crippen molar-refractivity contribution in [2.24, 2.45) is 0 Å². The summed E-state index contributed by atoms with van der Waals surface area (Å²) in [6.07, 6.45) is 4.25. The number of fused-ring (bicyclic) bond motifs is 1. The summed E-state index contributed by atoms with van der Waals surface area (Å²) in [7, 11) is 0. The number of rotatable bonds is 5. The number of aryl methyl sites for hydroxylation is 1. The van der Waals surface area contributed by atoms with Crippen LogP contribution >= 0.6 is 23.4 Å². The highest BCUT2D eigenvalue weighted by atomic mass is 35.5. The summed E-state index contributed by atoms with van der Waals surface area (Å²) in [6.45, 7) is 6.66. The highest BCUT2D eigenvalue weighted by Gasteiger charge is 2.28. The van der Waals surface area contributed by atoms with Gasteiger partial charge in [0.05, 0.1) is 10.6 Å². The van der Waals surface area contributed by atoms with Gasteiger partial charge in [0.1, 0.15) is 5.82 Å². The second kappa shape index (κ2) is 5.66. The summed E-state index contributed by atoms with van der Waals surface area (Å²) in [5, 5.41) is 3.98. The lowest BCUT2D eigenvalue weighted by molar-refractivity contribution is 0.418. The van der Waals surface area contributed by atoms with Crippen molar-refractivity contribution in [3.05, 3.63) is 11.0 Å². The third kappa shape index (κ3) is 2.59. The van der Waals surface area contributed by atoms with Gasteiger partial charge in [-0.3, -0.25) is 0 Å². The SMILES string of the molecule is CCC(CC)(CC)Nc1nc(Cl)nc2c1SCC2. The lowest BCUT2D eigenvalue weighted by Gasteiger charge is -2.33. The van der Waals surface area contributed by atoms with E-state index in [-0.39, 0.29) is 5.54 Å². The maximum absolute atomic E-state index is 6.02. The van der Waals surface area contributed by atoms with Crippen LogP contribution in [0.4, 0.5) is 5.82 Å². The molecule has 0 aliphatic carbocycles. The molecule has 0 aromatic carbocycles. The maximum Gasteiger partial charge on any atom is 0.224 e. The van der Waals surface area contributed by atoms with Crippen LogP contribution in [0.15, 0.2) is 4.90 Å². The first kappa shape index (κ1) is 13.9. The lowest BCUT2D eigenvalue weighted by Crippen LogP contribution is -2.36. The van der Waals surface area contributed by atoms with Gasteiger partial charge in [-0.2, -0.15) is 4.98 Å². The normalized spacial score (nSPS) is 14.7. The van der Waals surface area contributed by atoms with Gasteiger partial charge in [0.2, 0.25) is 5.28 Å². The minimum Gasteiger partial charge on any atom is -0.364 e. The fourth-order valence-electron chi connectivity index (χ4n) is 2.39. The number of nitrogens with one attached hydrogen (secondary N) is 1. The molecule has 5 heteroatoms. The van der Waals surface area contributed by atoms with Gasteiger partial charge in [0, 0.05) is 17.7 Å². The molecule has 1 N–H and O–H groups in total. The summed E-state index contributed by atoms with van der Waals surface area (Å²) >= 11 is 7.84. The van der Waals surface area contributed by atoms with E-state index in [1.807, 2.05) is 11.8 Å². The Kier molecular flexibility index (Phi) is 4.38. The van der Waals surface area contributed by atoms with Crippen molar-refractivity contribution in [1.29, 1.82) is 0 Å². The Hall–Kier alpha value is -0.480. The molecule has 1 aliphatic heterocycles. The summed E-state index contributed by atoms with van der Waals surface area (Å²) in [5.41, 5.74) is 1.22. The Balaban J connectivity index is 2.34. The topological polar surface area (TPSA) is 37.8 Å². The zero-order valence-corrected chi connectivity index (χ0v) is 12.8. The van der Waals surface area contributed by atoms with E-state index in [0.717, 1.165) is 42.9 Å². The molecule has 2 heterocycles. The average Bonchev–Trinajstić information content (AvgIpc) is 2.84.